The average molecular weight is 252 g/mol. The quantitative estimate of drug-likeness (QED) is 0.812. The first kappa shape index (κ1) is 14.3. The molecule has 2 nitrogen and oxygen atoms in total. The Morgan fingerprint density at radius 3 is 2.22 bits per heavy atom. The SMILES string of the molecule is CCC1CCN(C(CN)CC2CCCCC2)CC1. The van der Waals surface area contributed by atoms with Crippen molar-refractivity contribution < 1.29 is 0 Å². The molecule has 1 aliphatic carbocycles. The molecule has 1 saturated carbocycles. The molecule has 1 aliphatic heterocycles. The average Bonchev–Trinajstić information content (AvgIpc) is 2.46. The van der Waals surface area contributed by atoms with E-state index in [9.17, 15) is 0 Å². The van der Waals surface area contributed by atoms with E-state index in [0.29, 0.717) is 6.04 Å². The summed E-state index contributed by atoms with van der Waals surface area (Å²) in [6.45, 7) is 5.80. The van der Waals surface area contributed by atoms with Crippen LogP contribution in [0.3, 0.4) is 0 Å². The van der Waals surface area contributed by atoms with Gasteiger partial charge >= 0.3 is 0 Å². The van der Waals surface area contributed by atoms with Crippen molar-refractivity contribution in [2.45, 2.75) is 70.8 Å². The van der Waals surface area contributed by atoms with E-state index in [0.717, 1.165) is 18.4 Å². The smallest absolute Gasteiger partial charge is 0.0221 e. The lowest BCUT2D eigenvalue weighted by Crippen LogP contribution is -2.46. The van der Waals surface area contributed by atoms with E-state index in [1.54, 1.807) is 0 Å². The summed E-state index contributed by atoms with van der Waals surface area (Å²) in [5, 5.41) is 0. The summed E-state index contributed by atoms with van der Waals surface area (Å²) in [6.07, 6.45) is 12.8. The van der Waals surface area contributed by atoms with Crippen molar-refractivity contribution in [1.82, 2.24) is 4.90 Å². The molecule has 2 aliphatic rings. The highest BCUT2D eigenvalue weighted by molar-refractivity contribution is 4.81. The van der Waals surface area contributed by atoms with Gasteiger partial charge in [0.25, 0.3) is 0 Å². The van der Waals surface area contributed by atoms with Crippen LogP contribution in [0.25, 0.3) is 0 Å². The minimum atomic E-state index is 0.672. The zero-order valence-corrected chi connectivity index (χ0v) is 12.2. The van der Waals surface area contributed by atoms with Crippen LogP contribution in [0.5, 0.6) is 0 Å². The zero-order valence-electron chi connectivity index (χ0n) is 12.2. The van der Waals surface area contributed by atoms with E-state index in [-0.39, 0.29) is 0 Å². The van der Waals surface area contributed by atoms with Crippen molar-refractivity contribution in [1.29, 1.82) is 0 Å². The second kappa shape index (κ2) is 7.49. The molecule has 1 unspecified atom stereocenters. The largest absolute Gasteiger partial charge is 0.329 e. The maximum atomic E-state index is 6.05. The Bertz CT molecular complexity index is 215. The summed E-state index contributed by atoms with van der Waals surface area (Å²) < 4.78 is 0. The van der Waals surface area contributed by atoms with Crippen LogP contribution in [0.4, 0.5) is 0 Å². The Balaban J connectivity index is 1.77. The molecule has 0 aromatic heterocycles. The monoisotopic (exact) mass is 252 g/mol. The lowest BCUT2D eigenvalue weighted by Gasteiger charge is -2.39. The lowest BCUT2D eigenvalue weighted by molar-refractivity contribution is 0.111. The molecule has 0 bridgehead atoms. The summed E-state index contributed by atoms with van der Waals surface area (Å²) in [5.74, 6) is 1.95. The van der Waals surface area contributed by atoms with E-state index < -0.39 is 0 Å². The van der Waals surface area contributed by atoms with Gasteiger partial charge in [-0.1, -0.05) is 45.4 Å². The molecule has 0 aromatic rings. The molecular weight excluding hydrogens is 220 g/mol. The Hall–Kier alpha value is -0.0800. The van der Waals surface area contributed by atoms with Crippen LogP contribution in [-0.4, -0.2) is 30.6 Å². The van der Waals surface area contributed by atoms with Crippen molar-refractivity contribution in [3.8, 4) is 0 Å². The van der Waals surface area contributed by atoms with Crippen LogP contribution in [0.15, 0.2) is 0 Å². The van der Waals surface area contributed by atoms with Gasteiger partial charge in [-0.05, 0) is 44.2 Å². The summed E-state index contributed by atoms with van der Waals surface area (Å²) in [6, 6.07) is 0.672. The minimum Gasteiger partial charge on any atom is -0.329 e. The molecule has 2 fully saturated rings. The van der Waals surface area contributed by atoms with Crippen LogP contribution in [0.2, 0.25) is 0 Å². The van der Waals surface area contributed by atoms with Crippen LogP contribution in [0.1, 0.15) is 64.7 Å². The third-order valence-corrected chi connectivity index (χ3v) is 5.35. The molecule has 2 N–H and O–H groups in total. The van der Waals surface area contributed by atoms with Gasteiger partial charge in [0.15, 0.2) is 0 Å². The first-order chi connectivity index (χ1) is 8.83. The number of piperidine rings is 1. The number of hydrogen-bond acceptors (Lipinski definition) is 2. The van der Waals surface area contributed by atoms with Crippen molar-refractivity contribution in [2.75, 3.05) is 19.6 Å². The van der Waals surface area contributed by atoms with Gasteiger partial charge in [0.05, 0.1) is 0 Å². The maximum Gasteiger partial charge on any atom is 0.0221 e. The Morgan fingerprint density at radius 1 is 1.00 bits per heavy atom. The fraction of sp³-hybridized carbons (Fsp3) is 1.00. The van der Waals surface area contributed by atoms with Crippen LogP contribution in [-0.2, 0) is 0 Å². The van der Waals surface area contributed by atoms with E-state index in [4.69, 9.17) is 5.73 Å². The summed E-state index contributed by atoms with van der Waals surface area (Å²) >= 11 is 0. The topological polar surface area (TPSA) is 29.3 Å². The molecule has 0 radical (unpaired) electrons. The highest BCUT2D eigenvalue weighted by atomic mass is 15.2. The number of nitrogens with zero attached hydrogens (tertiary/aromatic N) is 1. The van der Waals surface area contributed by atoms with Crippen molar-refractivity contribution in [3.63, 3.8) is 0 Å². The van der Waals surface area contributed by atoms with E-state index >= 15 is 0 Å². The zero-order chi connectivity index (χ0) is 12.8. The van der Waals surface area contributed by atoms with Gasteiger partial charge in [0.1, 0.15) is 0 Å². The van der Waals surface area contributed by atoms with E-state index in [1.165, 1.54) is 70.9 Å². The van der Waals surface area contributed by atoms with Gasteiger partial charge in [-0.3, -0.25) is 4.90 Å². The molecule has 1 saturated heterocycles. The third kappa shape index (κ3) is 3.96. The summed E-state index contributed by atoms with van der Waals surface area (Å²) in [4.78, 5) is 2.70. The summed E-state index contributed by atoms with van der Waals surface area (Å²) in [7, 11) is 0. The number of nitrogens with two attached hydrogens (primary N) is 1. The minimum absolute atomic E-state index is 0.672. The normalized spacial score (nSPS) is 26.3. The molecule has 18 heavy (non-hydrogen) atoms. The second-order valence-electron chi connectivity index (χ2n) is 6.52. The van der Waals surface area contributed by atoms with Crippen molar-refractivity contribution in [3.05, 3.63) is 0 Å². The number of hydrogen-bond donors (Lipinski definition) is 1. The van der Waals surface area contributed by atoms with Crippen LogP contribution in [0, 0.1) is 11.8 Å². The molecule has 0 aromatic carbocycles. The van der Waals surface area contributed by atoms with Gasteiger partial charge in [-0.25, -0.2) is 0 Å². The van der Waals surface area contributed by atoms with Crippen LogP contribution >= 0.6 is 0 Å². The molecular formula is C16H32N2. The highest BCUT2D eigenvalue weighted by Crippen LogP contribution is 2.30. The summed E-state index contributed by atoms with van der Waals surface area (Å²) in [5.41, 5.74) is 6.05. The first-order valence-electron chi connectivity index (χ1n) is 8.27. The highest BCUT2D eigenvalue weighted by Gasteiger charge is 2.26. The first-order valence-corrected chi connectivity index (χ1v) is 8.27. The second-order valence-corrected chi connectivity index (χ2v) is 6.52. The van der Waals surface area contributed by atoms with Gasteiger partial charge in [0.2, 0.25) is 0 Å². The molecule has 1 atom stereocenters. The van der Waals surface area contributed by atoms with Gasteiger partial charge in [-0.15, -0.1) is 0 Å². The maximum absolute atomic E-state index is 6.05. The molecule has 2 rings (SSSR count). The molecule has 0 amide bonds. The number of rotatable bonds is 5. The van der Waals surface area contributed by atoms with Crippen LogP contribution < -0.4 is 5.73 Å². The van der Waals surface area contributed by atoms with Crippen molar-refractivity contribution >= 4 is 0 Å². The van der Waals surface area contributed by atoms with E-state index in [2.05, 4.69) is 11.8 Å². The molecule has 1 heterocycles. The molecule has 2 heteroatoms. The predicted molar refractivity (Wildman–Crippen MR) is 78.6 cm³/mol. The van der Waals surface area contributed by atoms with Crippen molar-refractivity contribution in [2.24, 2.45) is 17.6 Å². The predicted octanol–water partition coefficient (Wildman–Crippen LogP) is 3.41. The Morgan fingerprint density at radius 2 is 1.67 bits per heavy atom. The van der Waals surface area contributed by atoms with Gasteiger partial charge < -0.3 is 5.73 Å². The fourth-order valence-corrected chi connectivity index (χ4v) is 3.93. The Kier molecular flexibility index (Phi) is 5.97. The Labute approximate surface area is 113 Å². The number of likely N-dealkylation sites (tertiary alicyclic amines) is 1. The fourth-order valence-electron chi connectivity index (χ4n) is 3.93. The third-order valence-electron chi connectivity index (χ3n) is 5.35. The van der Waals surface area contributed by atoms with Gasteiger partial charge in [-0.2, -0.15) is 0 Å². The standard InChI is InChI=1S/C16H32N2/c1-2-14-8-10-18(11-9-14)16(13-17)12-15-6-4-3-5-7-15/h14-16H,2-13,17H2,1H3. The van der Waals surface area contributed by atoms with Gasteiger partial charge in [0, 0.05) is 12.6 Å². The molecule has 106 valence electrons. The molecule has 0 spiro atoms. The van der Waals surface area contributed by atoms with E-state index in [1.807, 2.05) is 0 Å². The lowest BCUT2D eigenvalue weighted by atomic mass is 9.83.